The molecule has 0 unspecified atom stereocenters. The number of nitrogens with zero attached hydrogens (tertiary/aromatic N) is 3. The average molecular weight is 510 g/mol. The molecule has 3 rings (SSSR count). The fourth-order valence-electron chi connectivity index (χ4n) is 3.40. The molecule has 0 spiro atoms. The summed E-state index contributed by atoms with van der Waals surface area (Å²) in [4.78, 5) is 18.8. The highest BCUT2D eigenvalue weighted by atomic mass is 35.5. The molecule has 0 bridgehead atoms. The van der Waals surface area contributed by atoms with E-state index in [1.54, 1.807) is 58.0 Å². The van der Waals surface area contributed by atoms with E-state index in [1.807, 2.05) is 6.92 Å². The Morgan fingerprint density at radius 3 is 2.58 bits per heavy atom. The molecule has 0 aliphatic carbocycles. The van der Waals surface area contributed by atoms with Gasteiger partial charge in [-0.05, 0) is 36.8 Å². The minimum Gasteiger partial charge on any atom is -0.383 e. The van der Waals surface area contributed by atoms with Crippen LogP contribution < -0.4 is 0 Å². The summed E-state index contributed by atoms with van der Waals surface area (Å²) in [5, 5.41) is 0.760. The van der Waals surface area contributed by atoms with Crippen LogP contribution in [0.1, 0.15) is 28.5 Å². The predicted octanol–water partition coefficient (Wildman–Crippen LogP) is 4.47. The van der Waals surface area contributed by atoms with Crippen molar-refractivity contribution in [2.24, 2.45) is 0 Å². The maximum Gasteiger partial charge on any atom is 0.254 e. The van der Waals surface area contributed by atoms with Gasteiger partial charge in [0, 0.05) is 35.8 Å². The van der Waals surface area contributed by atoms with Gasteiger partial charge in [0.2, 0.25) is 15.0 Å². The molecular formula is C23H25Cl2N3O4S. The molecule has 2 aromatic carbocycles. The van der Waals surface area contributed by atoms with Gasteiger partial charge in [-0.2, -0.15) is 0 Å². The third kappa shape index (κ3) is 6.14. The number of carbonyl (C=O) groups excluding carboxylic acids is 1. The molecule has 10 heteroatoms. The van der Waals surface area contributed by atoms with Crippen molar-refractivity contribution in [1.29, 1.82) is 0 Å². The van der Waals surface area contributed by atoms with Gasteiger partial charge in [0.15, 0.2) is 0 Å². The van der Waals surface area contributed by atoms with Crippen LogP contribution in [0.2, 0.25) is 10.0 Å². The van der Waals surface area contributed by atoms with Gasteiger partial charge in [-0.25, -0.2) is 13.4 Å². The number of imidazole rings is 1. The van der Waals surface area contributed by atoms with Crippen molar-refractivity contribution < 1.29 is 17.9 Å². The summed E-state index contributed by atoms with van der Waals surface area (Å²) in [5.41, 5.74) is 1.54. The van der Waals surface area contributed by atoms with Crippen LogP contribution in [0.15, 0.2) is 59.9 Å². The number of rotatable bonds is 10. The zero-order valence-electron chi connectivity index (χ0n) is 18.4. The van der Waals surface area contributed by atoms with Gasteiger partial charge in [0.25, 0.3) is 5.91 Å². The minimum absolute atomic E-state index is 0.0827. The third-order valence-corrected chi connectivity index (χ3v) is 7.27. The summed E-state index contributed by atoms with van der Waals surface area (Å²) < 4.78 is 33.2. The summed E-state index contributed by atoms with van der Waals surface area (Å²) in [7, 11) is -2.27. The van der Waals surface area contributed by atoms with Crippen LogP contribution in [0.3, 0.4) is 0 Å². The van der Waals surface area contributed by atoms with Crippen LogP contribution in [0.25, 0.3) is 0 Å². The first-order valence-corrected chi connectivity index (χ1v) is 12.7. The molecule has 176 valence electrons. The standard InChI is InChI=1S/C23H25Cl2N3O4S/c1-3-27(22(29)17-8-6-9-19(24)13-17)15-20-14-26-23(28(20)11-12-32-2)33(30,31)16-18-7-4-5-10-21(18)25/h4-10,13-14H,3,11-12,15-16H2,1-2H3. The second-order valence-electron chi connectivity index (χ2n) is 7.36. The zero-order chi connectivity index (χ0) is 24.0. The number of carbonyl (C=O) groups is 1. The maximum atomic E-state index is 13.2. The lowest BCUT2D eigenvalue weighted by atomic mass is 10.2. The van der Waals surface area contributed by atoms with Crippen LogP contribution >= 0.6 is 23.2 Å². The highest BCUT2D eigenvalue weighted by Crippen LogP contribution is 2.23. The highest BCUT2D eigenvalue weighted by molar-refractivity contribution is 7.90. The second-order valence-corrected chi connectivity index (χ2v) is 10.1. The minimum atomic E-state index is -3.81. The summed E-state index contributed by atoms with van der Waals surface area (Å²) >= 11 is 12.2. The Balaban J connectivity index is 1.92. The molecule has 0 N–H and O–H groups in total. The summed E-state index contributed by atoms with van der Waals surface area (Å²) in [6.07, 6.45) is 1.49. The summed E-state index contributed by atoms with van der Waals surface area (Å²) in [6.45, 7) is 3.01. The lowest BCUT2D eigenvalue weighted by Crippen LogP contribution is -2.31. The molecule has 0 saturated heterocycles. The van der Waals surface area contributed by atoms with Crippen molar-refractivity contribution >= 4 is 38.9 Å². The molecule has 3 aromatic rings. The van der Waals surface area contributed by atoms with E-state index in [-0.39, 0.29) is 36.5 Å². The molecule has 7 nitrogen and oxygen atoms in total. The van der Waals surface area contributed by atoms with Gasteiger partial charge in [0.1, 0.15) is 0 Å². The van der Waals surface area contributed by atoms with Crippen LogP contribution in [0, 0.1) is 0 Å². The maximum absolute atomic E-state index is 13.2. The zero-order valence-corrected chi connectivity index (χ0v) is 20.7. The van der Waals surface area contributed by atoms with Crippen molar-refractivity contribution in [2.75, 3.05) is 20.3 Å². The largest absolute Gasteiger partial charge is 0.383 e. The topological polar surface area (TPSA) is 81.5 Å². The first kappa shape index (κ1) is 25.2. The summed E-state index contributed by atoms with van der Waals surface area (Å²) in [6, 6.07) is 13.5. The van der Waals surface area contributed by atoms with E-state index in [2.05, 4.69) is 4.98 Å². The number of sulfone groups is 1. The average Bonchev–Trinajstić information content (AvgIpc) is 3.20. The number of ether oxygens (including phenoxy) is 1. The molecular weight excluding hydrogens is 485 g/mol. The Bertz CT molecular complexity index is 1230. The molecule has 0 aliphatic rings. The van der Waals surface area contributed by atoms with E-state index in [9.17, 15) is 13.2 Å². The van der Waals surface area contributed by atoms with Gasteiger partial charge in [-0.15, -0.1) is 0 Å². The van der Waals surface area contributed by atoms with Crippen LogP contribution in [0.5, 0.6) is 0 Å². The predicted molar refractivity (Wildman–Crippen MR) is 128 cm³/mol. The highest BCUT2D eigenvalue weighted by Gasteiger charge is 2.26. The lowest BCUT2D eigenvalue weighted by Gasteiger charge is -2.22. The third-order valence-electron chi connectivity index (χ3n) is 5.10. The van der Waals surface area contributed by atoms with Crippen molar-refractivity contribution in [3.05, 3.63) is 81.6 Å². The van der Waals surface area contributed by atoms with Crippen LogP contribution in [0.4, 0.5) is 0 Å². The second kappa shape index (κ2) is 11.2. The Labute approximate surface area is 203 Å². The molecule has 1 heterocycles. The van der Waals surface area contributed by atoms with Crippen molar-refractivity contribution in [3.63, 3.8) is 0 Å². The van der Waals surface area contributed by atoms with E-state index in [1.165, 1.54) is 13.3 Å². The first-order chi connectivity index (χ1) is 15.8. The lowest BCUT2D eigenvalue weighted by molar-refractivity contribution is 0.0747. The molecule has 0 fully saturated rings. The van der Waals surface area contributed by atoms with E-state index >= 15 is 0 Å². The number of hydrogen-bond donors (Lipinski definition) is 0. The Morgan fingerprint density at radius 2 is 1.91 bits per heavy atom. The molecule has 0 atom stereocenters. The van der Waals surface area contributed by atoms with Crippen molar-refractivity contribution in [3.8, 4) is 0 Å². The van der Waals surface area contributed by atoms with Gasteiger partial charge in [0.05, 0.1) is 30.8 Å². The van der Waals surface area contributed by atoms with E-state index in [0.717, 1.165) is 0 Å². The fraction of sp³-hybridized carbons (Fsp3) is 0.304. The van der Waals surface area contributed by atoms with E-state index in [0.29, 0.717) is 33.4 Å². The SMILES string of the molecule is CCN(Cc1cnc(S(=O)(=O)Cc2ccccc2Cl)n1CCOC)C(=O)c1cccc(Cl)c1. The number of amides is 1. The van der Waals surface area contributed by atoms with Gasteiger partial charge < -0.3 is 14.2 Å². The fourth-order valence-corrected chi connectivity index (χ4v) is 5.42. The van der Waals surface area contributed by atoms with E-state index in [4.69, 9.17) is 27.9 Å². The first-order valence-electron chi connectivity index (χ1n) is 10.3. The Kier molecular flexibility index (Phi) is 8.53. The van der Waals surface area contributed by atoms with Gasteiger partial charge in [-0.1, -0.05) is 47.5 Å². The Morgan fingerprint density at radius 1 is 1.15 bits per heavy atom. The molecule has 33 heavy (non-hydrogen) atoms. The number of aromatic nitrogens is 2. The number of hydrogen-bond acceptors (Lipinski definition) is 5. The van der Waals surface area contributed by atoms with Gasteiger partial charge in [-0.3, -0.25) is 4.79 Å². The molecule has 1 aromatic heterocycles. The molecule has 0 saturated carbocycles. The monoisotopic (exact) mass is 509 g/mol. The summed E-state index contributed by atoms with van der Waals surface area (Å²) in [5.74, 6) is -0.491. The molecule has 1 amide bonds. The number of halogens is 2. The van der Waals surface area contributed by atoms with E-state index < -0.39 is 9.84 Å². The van der Waals surface area contributed by atoms with Crippen LogP contribution in [-0.4, -0.2) is 49.0 Å². The smallest absolute Gasteiger partial charge is 0.254 e. The molecule has 0 radical (unpaired) electrons. The normalized spacial score (nSPS) is 11.5. The van der Waals surface area contributed by atoms with Gasteiger partial charge >= 0.3 is 0 Å². The van der Waals surface area contributed by atoms with Crippen LogP contribution in [-0.2, 0) is 33.4 Å². The van der Waals surface area contributed by atoms with Crippen molar-refractivity contribution in [2.45, 2.75) is 30.9 Å². The number of methoxy groups -OCH3 is 1. The quantitative estimate of drug-likeness (QED) is 0.402. The number of benzene rings is 2. The molecule has 0 aliphatic heterocycles. The van der Waals surface area contributed by atoms with Crippen molar-refractivity contribution in [1.82, 2.24) is 14.5 Å². The Hall–Kier alpha value is -2.39.